The van der Waals surface area contributed by atoms with Crippen LogP contribution in [-0.2, 0) is 24.2 Å². The zero-order valence-electron chi connectivity index (χ0n) is 12.4. The van der Waals surface area contributed by atoms with Gasteiger partial charge in [0.15, 0.2) is 0 Å². The molecule has 2 aliphatic rings. The molecule has 2 heterocycles. The number of rotatable bonds is 3. The zero-order chi connectivity index (χ0) is 13.9. The van der Waals surface area contributed by atoms with E-state index < -0.39 is 0 Å². The maximum atomic E-state index is 12.4. The minimum absolute atomic E-state index is 0.305. The average Bonchev–Trinajstić information content (AvgIpc) is 2.99. The maximum Gasteiger partial charge on any atom is 0.237 e. The van der Waals surface area contributed by atoms with Crippen LogP contribution in [0.2, 0.25) is 0 Å². The second-order valence-corrected chi connectivity index (χ2v) is 6.01. The van der Waals surface area contributed by atoms with Gasteiger partial charge in [0.25, 0.3) is 0 Å². The van der Waals surface area contributed by atoms with Crippen LogP contribution in [0.4, 0.5) is 0 Å². The number of aryl methyl sites for hydroxylation is 1. The van der Waals surface area contributed by atoms with Crippen LogP contribution in [0.3, 0.4) is 0 Å². The number of likely N-dealkylation sites (tertiary alicyclic amines) is 1. The number of carbonyl (C=O) groups is 1. The van der Waals surface area contributed by atoms with Gasteiger partial charge in [0.05, 0.1) is 6.54 Å². The first-order valence-electron chi connectivity index (χ1n) is 7.87. The van der Waals surface area contributed by atoms with Crippen LogP contribution in [0.25, 0.3) is 0 Å². The highest BCUT2D eigenvalue weighted by molar-refractivity contribution is 5.78. The summed E-state index contributed by atoms with van der Waals surface area (Å²) in [5.41, 5.74) is 4.15. The monoisotopic (exact) mass is 272 g/mol. The molecule has 1 fully saturated rings. The Labute approximate surface area is 121 Å². The summed E-state index contributed by atoms with van der Waals surface area (Å²) in [5, 5.41) is 0. The number of benzene rings is 1. The third-order valence-corrected chi connectivity index (χ3v) is 4.60. The van der Waals surface area contributed by atoms with E-state index in [2.05, 4.69) is 30.0 Å². The Balaban J connectivity index is 1.66. The van der Waals surface area contributed by atoms with Crippen LogP contribution in [0, 0.1) is 0 Å². The molecule has 0 radical (unpaired) electrons. The molecule has 1 amide bonds. The topological polar surface area (TPSA) is 23.6 Å². The van der Waals surface area contributed by atoms with Crippen LogP contribution >= 0.6 is 0 Å². The summed E-state index contributed by atoms with van der Waals surface area (Å²) in [7, 11) is 0. The Hall–Kier alpha value is -1.35. The molecular formula is C17H24N2O. The van der Waals surface area contributed by atoms with Crippen LogP contribution in [0.1, 0.15) is 36.5 Å². The van der Waals surface area contributed by atoms with E-state index in [0.717, 1.165) is 39.0 Å². The van der Waals surface area contributed by atoms with Crippen molar-refractivity contribution in [2.24, 2.45) is 0 Å². The van der Waals surface area contributed by atoms with Crippen molar-refractivity contribution < 1.29 is 4.79 Å². The van der Waals surface area contributed by atoms with Gasteiger partial charge in [-0.1, -0.05) is 25.1 Å². The van der Waals surface area contributed by atoms with Gasteiger partial charge in [-0.3, -0.25) is 9.69 Å². The molecule has 3 nitrogen and oxygen atoms in total. The van der Waals surface area contributed by atoms with Gasteiger partial charge in [-0.15, -0.1) is 0 Å². The minimum atomic E-state index is 0.305. The summed E-state index contributed by atoms with van der Waals surface area (Å²) in [6.45, 7) is 6.66. The van der Waals surface area contributed by atoms with E-state index in [1.807, 2.05) is 4.90 Å². The number of carbonyl (C=O) groups excluding carboxylic acids is 1. The molecule has 3 heteroatoms. The molecule has 0 spiro atoms. The van der Waals surface area contributed by atoms with Gasteiger partial charge >= 0.3 is 0 Å². The Morgan fingerprint density at radius 1 is 1.15 bits per heavy atom. The van der Waals surface area contributed by atoms with Gasteiger partial charge < -0.3 is 4.90 Å². The molecule has 0 aliphatic carbocycles. The van der Waals surface area contributed by atoms with Crippen molar-refractivity contribution in [3.63, 3.8) is 0 Å². The normalized spacial score (nSPS) is 19.1. The number of hydrogen-bond donors (Lipinski definition) is 0. The molecule has 0 N–H and O–H groups in total. The zero-order valence-corrected chi connectivity index (χ0v) is 12.4. The van der Waals surface area contributed by atoms with Crippen molar-refractivity contribution in [2.45, 2.75) is 39.2 Å². The predicted molar refractivity (Wildman–Crippen MR) is 80.6 cm³/mol. The Bertz CT molecular complexity index is 492. The summed E-state index contributed by atoms with van der Waals surface area (Å²) < 4.78 is 0. The van der Waals surface area contributed by atoms with E-state index in [1.165, 1.54) is 29.5 Å². The van der Waals surface area contributed by atoms with Gasteiger partial charge in [0, 0.05) is 13.1 Å². The standard InChI is InChI=1S/C17H24N2O/c1-2-14-5-6-15-7-10-19(12-16(15)11-14)17(20)13-18-8-3-4-9-18/h5-6,11H,2-4,7-10,12-13H2,1H3. The fourth-order valence-electron chi connectivity index (χ4n) is 3.28. The summed E-state index contributed by atoms with van der Waals surface area (Å²) in [6.07, 6.45) is 4.56. The third kappa shape index (κ3) is 2.88. The Morgan fingerprint density at radius 2 is 1.95 bits per heavy atom. The molecular weight excluding hydrogens is 248 g/mol. The number of hydrogen-bond acceptors (Lipinski definition) is 2. The molecule has 2 aliphatic heterocycles. The lowest BCUT2D eigenvalue weighted by molar-refractivity contribution is -0.133. The van der Waals surface area contributed by atoms with Gasteiger partial charge in [0.2, 0.25) is 5.91 Å². The second kappa shape index (κ2) is 5.96. The van der Waals surface area contributed by atoms with Crippen molar-refractivity contribution >= 4 is 5.91 Å². The fourth-order valence-corrected chi connectivity index (χ4v) is 3.28. The number of amides is 1. The molecule has 1 saturated heterocycles. The van der Waals surface area contributed by atoms with Crippen molar-refractivity contribution in [1.82, 2.24) is 9.80 Å². The Kier molecular flexibility index (Phi) is 4.06. The lowest BCUT2D eigenvalue weighted by Gasteiger charge is -2.30. The fraction of sp³-hybridized carbons (Fsp3) is 0.588. The van der Waals surface area contributed by atoms with E-state index in [-0.39, 0.29) is 0 Å². The first-order chi connectivity index (χ1) is 9.76. The van der Waals surface area contributed by atoms with Crippen molar-refractivity contribution in [2.75, 3.05) is 26.2 Å². The molecule has 1 aromatic carbocycles. The molecule has 0 saturated carbocycles. The van der Waals surface area contributed by atoms with Crippen molar-refractivity contribution in [3.05, 3.63) is 34.9 Å². The van der Waals surface area contributed by atoms with E-state index in [1.54, 1.807) is 0 Å². The van der Waals surface area contributed by atoms with E-state index in [0.29, 0.717) is 12.5 Å². The SMILES string of the molecule is CCc1ccc2c(c1)CN(C(=O)CN1CCCC1)CC2. The van der Waals surface area contributed by atoms with Crippen LogP contribution < -0.4 is 0 Å². The molecule has 0 unspecified atom stereocenters. The Morgan fingerprint density at radius 3 is 2.70 bits per heavy atom. The average molecular weight is 272 g/mol. The smallest absolute Gasteiger partial charge is 0.237 e. The molecule has 0 bridgehead atoms. The van der Waals surface area contributed by atoms with E-state index >= 15 is 0 Å². The third-order valence-electron chi connectivity index (χ3n) is 4.60. The lowest BCUT2D eigenvalue weighted by atomic mass is 9.96. The molecule has 0 atom stereocenters. The lowest BCUT2D eigenvalue weighted by Crippen LogP contribution is -2.42. The summed E-state index contributed by atoms with van der Waals surface area (Å²) >= 11 is 0. The summed E-state index contributed by atoms with van der Waals surface area (Å²) in [4.78, 5) is 16.7. The predicted octanol–water partition coefficient (Wildman–Crippen LogP) is 2.23. The molecule has 3 rings (SSSR count). The second-order valence-electron chi connectivity index (χ2n) is 6.01. The van der Waals surface area contributed by atoms with Gasteiger partial charge in [-0.25, -0.2) is 0 Å². The van der Waals surface area contributed by atoms with Gasteiger partial charge in [-0.2, -0.15) is 0 Å². The molecule has 20 heavy (non-hydrogen) atoms. The highest BCUT2D eigenvalue weighted by atomic mass is 16.2. The van der Waals surface area contributed by atoms with Gasteiger partial charge in [0.1, 0.15) is 0 Å². The molecule has 0 aromatic heterocycles. The largest absolute Gasteiger partial charge is 0.337 e. The van der Waals surface area contributed by atoms with E-state index in [9.17, 15) is 4.79 Å². The van der Waals surface area contributed by atoms with Crippen molar-refractivity contribution in [1.29, 1.82) is 0 Å². The highest BCUT2D eigenvalue weighted by Crippen LogP contribution is 2.21. The molecule has 1 aromatic rings. The number of fused-ring (bicyclic) bond motifs is 1. The van der Waals surface area contributed by atoms with Gasteiger partial charge in [-0.05, 0) is 55.5 Å². The maximum absolute atomic E-state index is 12.4. The van der Waals surface area contributed by atoms with Crippen LogP contribution in [0.15, 0.2) is 18.2 Å². The summed E-state index contributed by atoms with van der Waals surface area (Å²) in [5.74, 6) is 0.305. The van der Waals surface area contributed by atoms with E-state index in [4.69, 9.17) is 0 Å². The minimum Gasteiger partial charge on any atom is -0.337 e. The quantitative estimate of drug-likeness (QED) is 0.842. The van der Waals surface area contributed by atoms with Crippen LogP contribution in [-0.4, -0.2) is 41.9 Å². The number of nitrogens with zero attached hydrogens (tertiary/aromatic N) is 2. The first kappa shape index (κ1) is 13.6. The first-order valence-corrected chi connectivity index (χ1v) is 7.87. The highest BCUT2D eigenvalue weighted by Gasteiger charge is 2.23. The molecule has 108 valence electrons. The van der Waals surface area contributed by atoms with Crippen LogP contribution in [0.5, 0.6) is 0 Å². The summed E-state index contributed by atoms with van der Waals surface area (Å²) in [6, 6.07) is 6.75. The van der Waals surface area contributed by atoms with Crippen molar-refractivity contribution in [3.8, 4) is 0 Å².